The average Bonchev–Trinajstić information content (AvgIpc) is 1.96. The van der Waals surface area contributed by atoms with E-state index in [2.05, 4.69) is 4.52 Å². The maximum atomic E-state index is 10.4. The zero-order valence-corrected chi connectivity index (χ0v) is 8.40. The fraction of sp³-hybridized carbons (Fsp3) is 0.250. The minimum Gasteiger partial charge on any atom is -0.790 e. The molecule has 0 aromatic carbocycles. The first kappa shape index (κ1) is 12.9. The molecule has 0 spiro atoms. The first-order valence-corrected chi connectivity index (χ1v) is 4.12. The van der Waals surface area contributed by atoms with Crippen molar-refractivity contribution in [2.75, 3.05) is 0 Å². The van der Waals surface area contributed by atoms with Crippen LogP contribution in [0.5, 0.6) is 0 Å². The Morgan fingerprint density at radius 1 is 1.15 bits per heavy atom. The van der Waals surface area contributed by atoms with Crippen molar-refractivity contribution in [2.24, 2.45) is 0 Å². The van der Waals surface area contributed by atoms with Gasteiger partial charge in [0.15, 0.2) is 6.10 Å². The first-order valence-electron chi connectivity index (χ1n) is 2.66. The molecule has 0 aromatic heterocycles. The van der Waals surface area contributed by atoms with Gasteiger partial charge in [-0.15, -0.1) is 0 Å². The summed E-state index contributed by atoms with van der Waals surface area (Å²) in [7, 11) is -5.38. The molecule has 1 rings (SSSR count). The second kappa shape index (κ2) is 3.95. The zero-order valence-electron chi connectivity index (χ0n) is 6.09. The largest absolute Gasteiger partial charge is 2.00 e. The molecule has 0 aromatic rings. The average molecular weight is 216 g/mol. The Hall–Kier alpha value is -0.114. The molecule has 0 unspecified atom stereocenters. The molecule has 0 heterocycles. The van der Waals surface area contributed by atoms with Crippen LogP contribution in [0.4, 0.5) is 0 Å². The van der Waals surface area contributed by atoms with Crippen molar-refractivity contribution in [3.05, 3.63) is 0 Å². The van der Waals surface area contributed by atoms with Crippen molar-refractivity contribution in [3.63, 3.8) is 0 Å². The van der Waals surface area contributed by atoms with Crippen molar-refractivity contribution in [1.29, 1.82) is 0 Å². The molecule has 1 fully saturated rings. The van der Waals surface area contributed by atoms with Gasteiger partial charge in [-0.3, -0.25) is 14.4 Å². The maximum absolute atomic E-state index is 10.4. The normalized spacial score (nSPS) is 18.2. The van der Waals surface area contributed by atoms with E-state index in [1.54, 1.807) is 0 Å². The monoisotopic (exact) mass is 216 g/mol. The summed E-state index contributed by atoms with van der Waals surface area (Å²) in [6.07, 6.45) is -2.03. The maximum Gasteiger partial charge on any atom is 2.00 e. The smallest absolute Gasteiger partial charge is 0.790 e. The topological polar surface area (TPSA) is 124 Å². The van der Waals surface area contributed by atoms with Gasteiger partial charge in [0.2, 0.25) is 11.6 Å². The Morgan fingerprint density at radius 2 is 1.54 bits per heavy atom. The number of phosphoric acid groups is 1. The molecule has 0 saturated heterocycles. The summed E-state index contributed by atoms with van der Waals surface area (Å²) in [4.78, 5) is 50.6. The fourth-order valence-corrected chi connectivity index (χ4v) is 1.08. The van der Waals surface area contributed by atoms with Crippen molar-refractivity contribution in [2.45, 2.75) is 6.10 Å². The molecular formula is C4HMgO7P. The molecule has 1 aliphatic carbocycles. The molecule has 0 amide bonds. The van der Waals surface area contributed by atoms with Crippen molar-refractivity contribution < 1.29 is 33.3 Å². The molecule has 0 atom stereocenters. The van der Waals surface area contributed by atoms with Crippen LogP contribution in [0.25, 0.3) is 0 Å². The van der Waals surface area contributed by atoms with E-state index in [0.717, 1.165) is 0 Å². The van der Waals surface area contributed by atoms with E-state index in [1.807, 2.05) is 0 Å². The van der Waals surface area contributed by atoms with Crippen molar-refractivity contribution in [3.8, 4) is 0 Å². The number of rotatable bonds is 2. The Bertz CT molecular complexity index is 298. The van der Waals surface area contributed by atoms with E-state index in [4.69, 9.17) is 0 Å². The van der Waals surface area contributed by atoms with Crippen LogP contribution >= 0.6 is 7.82 Å². The Morgan fingerprint density at radius 3 is 1.85 bits per heavy atom. The van der Waals surface area contributed by atoms with Gasteiger partial charge in [0.25, 0.3) is 5.78 Å². The van der Waals surface area contributed by atoms with Crippen LogP contribution in [0.2, 0.25) is 0 Å². The number of phosphoric ester groups is 1. The number of carbonyl (C=O) groups excluding carboxylic acids is 3. The summed E-state index contributed by atoms with van der Waals surface area (Å²) in [6, 6.07) is 0. The van der Waals surface area contributed by atoms with Crippen LogP contribution in [0.3, 0.4) is 0 Å². The summed E-state index contributed by atoms with van der Waals surface area (Å²) in [6.45, 7) is 0. The molecule has 66 valence electrons. The van der Waals surface area contributed by atoms with Crippen LogP contribution in [0.15, 0.2) is 0 Å². The van der Waals surface area contributed by atoms with Crippen LogP contribution in [-0.4, -0.2) is 46.5 Å². The number of Topliss-reactive ketones (excluding diaryl/α,β-unsaturated/α-hetero) is 3. The molecule has 13 heavy (non-hydrogen) atoms. The fourth-order valence-electron chi connectivity index (χ4n) is 0.626. The van der Waals surface area contributed by atoms with Gasteiger partial charge < -0.3 is 18.9 Å². The van der Waals surface area contributed by atoms with E-state index >= 15 is 0 Å². The summed E-state index contributed by atoms with van der Waals surface area (Å²) in [5.74, 6) is -3.94. The molecule has 7 nitrogen and oxygen atoms in total. The minimum absolute atomic E-state index is 0. The Kier molecular flexibility index (Phi) is 3.91. The molecule has 0 radical (unpaired) electrons. The third-order valence-electron chi connectivity index (χ3n) is 1.16. The minimum atomic E-state index is -5.38. The van der Waals surface area contributed by atoms with Gasteiger partial charge in [-0.05, 0) is 0 Å². The van der Waals surface area contributed by atoms with E-state index < -0.39 is 31.3 Å². The quantitative estimate of drug-likeness (QED) is 0.203. The summed E-state index contributed by atoms with van der Waals surface area (Å²) in [5, 5.41) is 0. The molecule has 1 saturated carbocycles. The zero-order chi connectivity index (χ0) is 9.52. The standard InChI is InChI=1S/C4H3O7P.Mg/c5-1-2(6)4(3(1)7)11-12(8,9)10;/h4H,(H2,8,9,10);/q;+2/p-2. The SMILES string of the molecule is O=C1C(=O)C(OP(=O)([O-])[O-])C1=O.[Mg+2]. The van der Waals surface area contributed by atoms with Gasteiger partial charge in [-0.2, -0.15) is 0 Å². The third-order valence-corrected chi connectivity index (χ3v) is 1.63. The van der Waals surface area contributed by atoms with E-state index in [1.165, 1.54) is 0 Å². The van der Waals surface area contributed by atoms with Gasteiger partial charge >= 0.3 is 23.1 Å². The van der Waals surface area contributed by atoms with E-state index in [9.17, 15) is 28.7 Å². The number of carbonyl (C=O) groups is 3. The van der Waals surface area contributed by atoms with Crippen molar-refractivity contribution >= 4 is 48.2 Å². The predicted octanol–water partition coefficient (Wildman–Crippen LogP) is -3.46. The number of hydrogen-bond donors (Lipinski definition) is 0. The second-order valence-corrected chi connectivity index (χ2v) is 3.10. The predicted molar refractivity (Wildman–Crippen MR) is 33.3 cm³/mol. The van der Waals surface area contributed by atoms with Gasteiger partial charge in [0.1, 0.15) is 0 Å². The summed E-state index contributed by atoms with van der Waals surface area (Å²) in [5.41, 5.74) is 0. The van der Waals surface area contributed by atoms with Crippen molar-refractivity contribution in [1.82, 2.24) is 0 Å². The molecule has 9 heteroatoms. The van der Waals surface area contributed by atoms with Crippen LogP contribution in [0.1, 0.15) is 0 Å². The van der Waals surface area contributed by atoms with E-state index in [0.29, 0.717) is 0 Å². The third kappa shape index (κ3) is 2.66. The summed E-state index contributed by atoms with van der Waals surface area (Å²) < 4.78 is 13.4. The Labute approximate surface area is 87.8 Å². The van der Waals surface area contributed by atoms with E-state index in [-0.39, 0.29) is 23.1 Å². The summed E-state index contributed by atoms with van der Waals surface area (Å²) >= 11 is 0. The van der Waals surface area contributed by atoms with Gasteiger partial charge in [-0.25, -0.2) is 0 Å². The van der Waals surface area contributed by atoms with Gasteiger partial charge in [-0.1, -0.05) is 0 Å². The molecule has 0 N–H and O–H groups in total. The second-order valence-electron chi connectivity index (χ2n) is 1.99. The number of ketones is 3. The molecule has 0 aliphatic heterocycles. The first-order chi connectivity index (χ1) is 5.33. The molecular weight excluding hydrogens is 215 g/mol. The van der Waals surface area contributed by atoms with Crippen LogP contribution in [-0.2, 0) is 23.5 Å². The van der Waals surface area contributed by atoms with Gasteiger partial charge in [0, 0.05) is 0 Å². The van der Waals surface area contributed by atoms with Crippen LogP contribution in [0, 0.1) is 0 Å². The van der Waals surface area contributed by atoms with Crippen LogP contribution < -0.4 is 9.79 Å². The van der Waals surface area contributed by atoms with Gasteiger partial charge in [0.05, 0.1) is 7.82 Å². The molecule has 0 bridgehead atoms. The molecule has 1 aliphatic rings. The Balaban J connectivity index is 0.00000144. The number of hydrogen-bond acceptors (Lipinski definition) is 7.